The average Bonchev–Trinajstić information content (AvgIpc) is 3.83. The maximum atomic E-state index is 5.42. The Kier molecular flexibility index (Phi) is 7.25. The Bertz CT molecular complexity index is 3140. The minimum absolute atomic E-state index is 0.758. The number of rotatable bonds is 5. The lowest BCUT2D eigenvalue weighted by molar-refractivity contribution is 1.25. The predicted octanol–water partition coefficient (Wildman–Crippen LogP) is 14.7. The van der Waals surface area contributed by atoms with E-state index in [4.69, 9.17) is 9.97 Å². The van der Waals surface area contributed by atoms with E-state index >= 15 is 0 Å². The van der Waals surface area contributed by atoms with Gasteiger partial charge in [-0.05, 0) is 75.0 Å². The molecule has 0 aliphatic carbocycles. The van der Waals surface area contributed by atoms with Crippen LogP contribution in [0.5, 0.6) is 0 Å². The number of thiophene rings is 2. The maximum Gasteiger partial charge on any atom is 0.162 e. The van der Waals surface area contributed by atoms with Crippen molar-refractivity contribution < 1.29 is 0 Å². The third-order valence-electron chi connectivity index (χ3n) is 10.5. The van der Waals surface area contributed by atoms with E-state index in [1.807, 2.05) is 11.3 Å². The number of aromatic nitrogens is 2. The Morgan fingerprint density at radius 2 is 0.944 bits per heavy atom. The largest absolute Gasteiger partial charge is 0.227 e. The zero-order valence-corrected chi connectivity index (χ0v) is 30.7. The lowest BCUT2D eigenvalue weighted by atomic mass is 9.91. The molecule has 252 valence electrons. The van der Waals surface area contributed by atoms with Crippen molar-refractivity contribution >= 4 is 73.9 Å². The van der Waals surface area contributed by atoms with Gasteiger partial charge < -0.3 is 0 Å². The zero-order chi connectivity index (χ0) is 35.6. The van der Waals surface area contributed by atoms with Crippen LogP contribution in [0.2, 0.25) is 0 Å². The number of benzene rings is 8. The van der Waals surface area contributed by atoms with Crippen LogP contribution in [-0.2, 0) is 0 Å². The monoisotopic (exact) mass is 722 g/mol. The van der Waals surface area contributed by atoms with Crippen molar-refractivity contribution in [1.82, 2.24) is 9.97 Å². The summed E-state index contributed by atoms with van der Waals surface area (Å²) in [5, 5.41) is 7.32. The van der Waals surface area contributed by atoms with Crippen molar-refractivity contribution in [3.8, 4) is 56.0 Å². The molecule has 11 rings (SSSR count). The molecule has 3 heterocycles. The van der Waals surface area contributed by atoms with Crippen LogP contribution in [0, 0.1) is 0 Å². The van der Waals surface area contributed by atoms with E-state index in [2.05, 4.69) is 182 Å². The first-order valence-corrected chi connectivity index (χ1v) is 19.8. The molecule has 54 heavy (non-hydrogen) atoms. The van der Waals surface area contributed by atoms with Gasteiger partial charge in [-0.3, -0.25) is 0 Å². The molecule has 3 aromatic heterocycles. The molecular weight excluding hydrogens is 693 g/mol. The molecule has 0 unspecified atom stereocenters. The smallest absolute Gasteiger partial charge is 0.162 e. The summed E-state index contributed by atoms with van der Waals surface area (Å²) in [4.78, 5) is 11.8. The molecule has 0 aliphatic rings. The summed E-state index contributed by atoms with van der Waals surface area (Å²) < 4.78 is 3.69. The van der Waals surface area contributed by atoms with Crippen molar-refractivity contribution in [3.05, 3.63) is 182 Å². The van der Waals surface area contributed by atoms with Crippen LogP contribution >= 0.6 is 22.7 Å². The third-order valence-corrected chi connectivity index (χ3v) is 12.8. The van der Waals surface area contributed by atoms with Gasteiger partial charge in [0.15, 0.2) is 5.82 Å². The fraction of sp³-hybridized carbons (Fsp3) is 0. The molecule has 8 aromatic carbocycles. The molecule has 0 N–H and O–H groups in total. The van der Waals surface area contributed by atoms with E-state index in [1.54, 1.807) is 11.3 Å². The normalized spacial score (nSPS) is 11.7. The molecule has 0 aliphatic heterocycles. The van der Waals surface area contributed by atoms with Gasteiger partial charge in [-0.25, -0.2) is 9.97 Å². The highest BCUT2D eigenvalue weighted by molar-refractivity contribution is 7.27. The van der Waals surface area contributed by atoms with Gasteiger partial charge in [0.1, 0.15) is 4.83 Å². The number of hydrogen-bond acceptors (Lipinski definition) is 4. The van der Waals surface area contributed by atoms with Crippen molar-refractivity contribution in [1.29, 1.82) is 0 Å². The molecule has 0 atom stereocenters. The number of hydrogen-bond donors (Lipinski definition) is 0. The van der Waals surface area contributed by atoms with Gasteiger partial charge in [-0.15, -0.1) is 22.7 Å². The molecule has 0 fully saturated rings. The highest BCUT2D eigenvalue weighted by atomic mass is 32.1. The molecule has 0 bridgehead atoms. The summed E-state index contributed by atoms with van der Waals surface area (Å²) in [5.41, 5.74) is 10.4. The molecule has 11 aromatic rings. The van der Waals surface area contributed by atoms with Gasteiger partial charge in [0.25, 0.3) is 0 Å². The van der Waals surface area contributed by atoms with Crippen LogP contribution < -0.4 is 0 Å². The Morgan fingerprint density at radius 1 is 0.352 bits per heavy atom. The highest BCUT2D eigenvalue weighted by Gasteiger charge is 2.21. The van der Waals surface area contributed by atoms with Crippen LogP contribution in [0.15, 0.2) is 182 Å². The average molecular weight is 723 g/mol. The van der Waals surface area contributed by atoms with Gasteiger partial charge in [0, 0.05) is 52.3 Å². The van der Waals surface area contributed by atoms with E-state index < -0.39 is 0 Å². The van der Waals surface area contributed by atoms with E-state index in [-0.39, 0.29) is 0 Å². The van der Waals surface area contributed by atoms with Crippen LogP contribution in [0.3, 0.4) is 0 Å². The maximum absolute atomic E-state index is 5.42. The van der Waals surface area contributed by atoms with E-state index in [0.717, 1.165) is 32.9 Å². The molecular formula is C50H30N2S2. The van der Waals surface area contributed by atoms with E-state index in [0.29, 0.717) is 0 Å². The van der Waals surface area contributed by atoms with Gasteiger partial charge in [-0.1, -0.05) is 146 Å². The van der Waals surface area contributed by atoms with Crippen LogP contribution in [0.25, 0.3) is 107 Å². The summed E-state index contributed by atoms with van der Waals surface area (Å²) in [7, 11) is 0. The fourth-order valence-electron chi connectivity index (χ4n) is 7.96. The second kappa shape index (κ2) is 12.6. The first-order valence-electron chi connectivity index (χ1n) is 18.2. The minimum atomic E-state index is 0.758. The second-order valence-corrected chi connectivity index (χ2v) is 15.8. The molecule has 0 saturated heterocycles. The van der Waals surface area contributed by atoms with E-state index in [1.165, 1.54) is 74.4 Å². The predicted molar refractivity (Wildman–Crippen MR) is 232 cm³/mol. The molecule has 0 radical (unpaired) electrons. The molecule has 2 nitrogen and oxygen atoms in total. The van der Waals surface area contributed by atoms with Crippen LogP contribution in [-0.4, -0.2) is 9.97 Å². The number of fused-ring (bicyclic) bond motifs is 8. The van der Waals surface area contributed by atoms with Gasteiger partial charge >= 0.3 is 0 Å². The Labute approximate surface area is 320 Å². The standard InChI is InChI=1S/C50H30N2S2/c1-4-15-31(16-5-1)35-27-36(32-17-6-2-7-18-32)29-37(28-35)42-30-34-21-10-11-22-38(34)44-40-24-14-25-41(47(40)54-48(42)44)49-51-46(33-19-8-3-9-20-33)45-39-23-12-13-26-43(39)53-50(45)52-49/h1-30H. The molecule has 0 amide bonds. The first-order chi connectivity index (χ1) is 26.8. The molecule has 0 spiro atoms. The third kappa shape index (κ3) is 5.07. The quantitative estimate of drug-likeness (QED) is 0.177. The SMILES string of the molecule is c1ccc(-c2cc(-c3ccccc3)cc(-c3cc4ccccc4c4c3sc3c(-c5nc(-c6ccccc6)c6c(n5)sc5ccccc56)cccc34)c2)cc1. The summed E-state index contributed by atoms with van der Waals surface area (Å²) in [6.45, 7) is 0. The van der Waals surface area contributed by atoms with Gasteiger partial charge in [0.2, 0.25) is 0 Å². The summed E-state index contributed by atoms with van der Waals surface area (Å²) in [5.74, 6) is 0.758. The molecule has 0 saturated carbocycles. The summed E-state index contributed by atoms with van der Waals surface area (Å²) >= 11 is 3.60. The van der Waals surface area contributed by atoms with E-state index in [9.17, 15) is 0 Å². The van der Waals surface area contributed by atoms with Gasteiger partial charge in [0.05, 0.1) is 5.69 Å². The van der Waals surface area contributed by atoms with Crippen molar-refractivity contribution in [2.24, 2.45) is 0 Å². The Balaban J connectivity index is 1.20. The lowest BCUT2D eigenvalue weighted by Gasteiger charge is -2.13. The summed E-state index contributed by atoms with van der Waals surface area (Å²) in [6.07, 6.45) is 0. The van der Waals surface area contributed by atoms with Crippen molar-refractivity contribution in [3.63, 3.8) is 0 Å². The van der Waals surface area contributed by atoms with Crippen LogP contribution in [0.1, 0.15) is 0 Å². The number of nitrogens with zero attached hydrogens (tertiary/aromatic N) is 2. The van der Waals surface area contributed by atoms with Crippen LogP contribution in [0.4, 0.5) is 0 Å². The van der Waals surface area contributed by atoms with Crippen molar-refractivity contribution in [2.45, 2.75) is 0 Å². The fourth-order valence-corrected chi connectivity index (χ4v) is 10.4. The summed E-state index contributed by atoms with van der Waals surface area (Å²) in [6, 6.07) is 65.5. The zero-order valence-electron chi connectivity index (χ0n) is 29.0. The first kappa shape index (κ1) is 31.1. The Hall–Kier alpha value is -6.46. The van der Waals surface area contributed by atoms with Gasteiger partial charge in [-0.2, -0.15) is 0 Å². The van der Waals surface area contributed by atoms with Crippen molar-refractivity contribution in [2.75, 3.05) is 0 Å². The lowest BCUT2D eigenvalue weighted by Crippen LogP contribution is -1.93. The topological polar surface area (TPSA) is 25.8 Å². The Morgan fingerprint density at radius 3 is 1.67 bits per heavy atom. The minimum Gasteiger partial charge on any atom is -0.227 e. The second-order valence-electron chi connectivity index (χ2n) is 13.7. The molecule has 4 heteroatoms. The highest BCUT2D eigenvalue weighted by Crippen LogP contribution is 2.48.